The molecule has 1 rings (SSSR count). The molecule has 0 aromatic rings. The maximum absolute atomic E-state index is 11.3. The molecule has 0 radical (unpaired) electrons. The first-order valence-corrected chi connectivity index (χ1v) is 6.81. The van der Waals surface area contributed by atoms with Gasteiger partial charge >= 0.3 is 5.97 Å². The molecule has 1 saturated heterocycles. The van der Waals surface area contributed by atoms with Crippen molar-refractivity contribution >= 4 is 5.97 Å². The van der Waals surface area contributed by atoms with Gasteiger partial charge in [0.25, 0.3) is 0 Å². The highest BCUT2D eigenvalue weighted by atomic mass is 16.4. The summed E-state index contributed by atoms with van der Waals surface area (Å²) in [5.41, 5.74) is -0.832. The summed E-state index contributed by atoms with van der Waals surface area (Å²) < 4.78 is 0. The predicted octanol–water partition coefficient (Wildman–Crippen LogP) is 0.465. The maximum Gasteiger partial charge on any atom is 0.323 e. The van der Waals surface area contributed by atoms with Gasteiger partial charge in [-0.05, 0) is 33.9 Å². The monoisotopic (exact) mass is 257 g/mol. The molecule has 0 saturated carbocycles. The molecule has 1 aliphatic rings. The van der Waals surface area contributed by atoms with Crippen LogP contribution in [0.5, 0.6) is 0 Å². The molecule has 0 spiro atoms. The number of hydrogen-bond acceptors (Lipinski definition) is 4. The third kappa shape index (κ3) is 3.67. The van der Waals surface area contributed by atoms with Crippen LogP contribution in [0.1, 0.15) is 27.2 Å². The average Bonchev–Trinajstić information content (AvgIpc) is 2.38. The van der Waals surface area contributed by atoms with Gasteiger partial charge in [-0.25, -0.2) is 0 Å². The molecule has 0 aromatic heterocycles. The SMILES string of the molecule is CCN1CCN(C(C)CC(C)(NC)C(=O)O)CC1. The number of likely N-dealkylation sites (N-methyl/N-ethyl adjacent to an activating group) is 2. The van der Waals surface area contributed by atoms with Crippen LogP contribution in [0, 0.1) is 0 Å². The first-order valence-electron chi connectivity index (χ1n) is 6.81. The van der Waals surface area contributed by atoms with E-state index in [1.54, 1.807) is 14.0 Å². The van der Waals surface area contributed by atoms with E-state index in [9.17, 15) is 9.90 Å². The number of aliphatic carboxylic acids is 1. The van der Waals surface area contributed by atoms with E-state index in [0.29, 0.717) is 6.42 Å². The van der Waals surface area contributed by atoms with Gasteiger partial charge in [0.05, 0.1) is 0 Å². The molecule has 2 N–H and O–H groups in total. The molecule has 0 bridgehead atoms. The van der Waals surface area contributed by atoms with Gasteiger partial charge in [-0.2, -0.15) is 0 Å². The number of nitrogens with one attached hydrogen (secondary N) is 1. The number of carboxylic acids is 1. The molecule has 1 heterocycles. The third-order valence-electron chi connectivity index (χ3n) is 4.20. The zero-order valence-corrected chi connectivity index (χ0v) is 12.1. The molecule has 5 nitrogen and oxygen atoms in total. The van der Waals surface area contributed by atoms with Crippen molar-refractivity contribution in [3.05, 3.63) is 0 Å². The second-order valence-corrected chi connectivity index (χ2v) is 5.41. The van der Waals surface area contributed by atoms with Gasteiger partial charge in [0, 0.05) is 32.2 Å². The highest BCUT2D eigenvalue weighted by Gasteiger charge is 2.35. The van der Waals surface area contributed by atoms with Gasteiger partial charge in [-0.1, -0.05) is 6.92 Å². The largest absolute Gasteiger partial charge is 0.480 e. The molecule has 106 valence electrons. The highest BCUT2D eigenvalue weighted by molar-refractivity contribution is 5.78. The van der Waals surface area contributed by atoms with Crippen LogP contribution in [-0.4, -0.2) is 72.2 Å². The standard InChI is InChI=1S/C13H27N3O2/c1-5-15-6-8-16(9-7-15)11(2)10-13(3,14-4)12(17)18/h11,14H,5-10H2,1-4H3,(H,17,18). The second kappa shape index (κ2) is 6.50. The van der Waals surface area contributed by atoms with Crippen LogP contribution in [0.25, 0.3) is 0 Å². The van der Waals surface area contributed by atoms with Crippen LogP contribution < -0.4 is 5.32 Å². The van der Waals surface area contributed by atoms with Gasteiger partial charge in [0.15, 0.2) is 0 Å². The summed E-state index contributed by atoms with van der Waals surface area (Å²) in [5.74, 6) is -0.774. The minimum absolute atomic E-state index is 0.289. The summed E-state index contributed by atoms with van der Waals surface area (Å²) in [5, 5.41) is 12.2. The number of nitrogens with zero attached hydrogens (tertiary/aromatic N) is 2. The van der Waals surface area contributed by atoms with Gasteiger partial charge in [-0.15, -0.1) is 0 Å². The fourth-order valence-corrected chi connectivity index (χ4v) is 2.54. The Hall–Kier alpha value is -0.650. The summed E-state index contributed by atoms with van der Waals surface area (Å²) >= 11 is 0. The fourth-order valence-electron chi connectivity index (χ4n) is 2.54. The maximum atomic E-state index is 11.3. The van der Waals surface area contributed by atoms with Crippen molar-refractivity contribution in [1.29, 1.82) is 0 Å². The normalized spacial score (nSPS) is 23.6. The summed E-state index contributed by atoms with van der Waals surface area (Å²) in [7, 11) is 1.72. The Morgan fingerprint density at radius 3 is 2.33 bits per heavy atom. The van der Waals surface area contributed by atoms with E-state index >= 15 is 0 Å². The van der Waals surface area contributed by atoms with Gasteiger partial charge in [0.2, 0.25) is 0 Å². The Morgan fingerprint density at radius 2 is 1.94 bits per heavy atom. The number of carboxylic acid groups (broad SMARTS) is 1. The van der Waals surface area contributed by atoms with Crippen molar-refractivity contribution in [2.45, 2.75) is 38.8 Å². The summed E-state index contributed by atoms with van der Waals surface area (Å²) in [6, 6.07) is 0.289. The fraction of sp³-hybridized carbons (Fsp3) is 0.923. The van der Waals surface area contributed by atoms with E-state index in [-0.39, 0.29) is 6.04 Å². The summed E-state index contributed by atoms with van der Waals surface area (Å²) in [4.78, 5) is 16.1. The molecular formula is C13H27N3O2. The predicted molar refractivity (Wildman–Crippen MR) is 72.9 cm³/mol. The number of hydrogen-bond donors (Lipinski definition) is 2. The highest BCUT2D eigenvalue weighted by Crippen LogP contribution is 2.17. The van der Waals surface area contributed by atoms with E-state index in [2.05, 4.69) is 29.0 Å². The van der Waals surface area contributed by atoms with Crippen molar-refractivity contribution < 1.29 is 9.90 Å². The molecule has 0 aromatic carbocycles. The van der Waals surface area contributed by atoms with Crippen molar-refractivity contribution in [3.8, 4) is 0 Å². The van der Waals surface area contributed by atoms with E-state index in [1.807, 2.05) is 0 Å². The van der Waals surface area contributed by atoms with E-state index in [4.69, 9.17) is 0 Å². The first-order chi connectivity index (χ1) is 8.42. The average molecular weight is 257 g/mol. The topological polar surface area (TPSA) is 55.8 Å². The van der Waals surface area contributed by atoms with Crippen molar-refractivity contribution in [3.63, 3.8) is 0 Å². The van der Waals surface area contributed by atoms with Gasteiger partial charge in [0.1, 0.15) is 5.54 Å². The zero-order valence-electron chi connectivity index (χ0n) is 12.1. The first kappa shape index (κ1) is 15.4. The Morgan fingerprint density at radius 1 is 1.39 bits per heavy atom. The molecule has 1 fully saturated rings. The molecule has 2 atom stereocenters. The Kier molecular flexibility index (Phi) is 5.56. The summed E-state index contributed by atoms with van der Waals surface area (Å²) in [6.45, 7) is 11.4. The lowest BCUT2D eigenvalue weighted by Gasteiger charge is -2.40. The number of piperazine rings is 1. The summed E-state index contributed by atoms with van der Waals surface area (Å²) in [6.07, 6.45) is 0.630. The van der Waals surface area contributed by atoms with Crippen molar-refractivity contribution in [2.75, 3.05) is 39.8 Å². The smallest absolute Gasteiger partial charge is 0.323 e. The van der Waals surface area contributed by atoms with Gasteiger partial charge in [-0.3, -0.25) is 9.69 Å². The quantitative estimate of drug-likeness (QED) is 0.724. The molecular weight excluding hydrogens is 230 g/mol. The minimum atomic E-state index is -0.832. The van der Waals surface area contributed by atoms with E-state index in [0.717, 1.165) is 32.7 Å². The van der Waals surface area contributed by atoms with Crippen LogP contribution in [0.15, 0.2) is 0 Å². The third-order valence-corrected chi connectivity index (χ3v) is 4.20. The molecule has 0 aliphatic carbocycles. The second-order valence-electron chi connectivity index (χ2n) is 5.41. The Bertz CT molecular complexity index is 277. The molecule has 1 aliphatic heterocycles. The lowest BCUT2D eigenvalue weighted by atomic mass is 9.93. The van der Waals surface area contributed by atoms with E-state index in [1.165, 1.54) is 0 Å². The van der Waals surface area contributed by atoms with Crippen LogP contribution in [0.3, 0.4) is 0 Å². The minimum Gasteiger partial charge on any atom is -0.480 e. The Labute approximate surface area is 110 Å². The van der Waals surface area contributed by atoms with Crippen LogP contribution >= 0.6 is 0 Å². The molecule has 18 heavy (non-hydrogen) atoms. The lowest BCUT2D eigenvalue weighted by molar-refractivity contribution is -0.144. The van der Waals surface area contributed by atoms with Crippen LogP contribution in [-0.2, 0) is 4.79 Å². The Balaban J connectivity index is 2.50. The zero-order chi connectivity index (χ0) is 13.8. The van der Waals surface area contributed by atoms with Gasteiger partial charge < -0.3 is 15.3 Å². The number of rotatable bonds is 6. The van der Waals surface area contributed by atoms with Crippen molar-refractivity contribution in [2.24, 2.45) is 0 Å². The van der Waals surface area contributed by atoms with Crippen LogP contribution in [0.4, 0.5) is 0 Å². The molecule has 5 heteroatoms. The number of carbonyl (C=O) groups is 1. The van der Waals surface area contributed by atoms with Crippen molar-refractivity contribution in [1.82, 2.24) is 15.1 Å². The van der Waals surface area contributed by atoms with E-state index < -0.39 is 11.5 Å². The van der Waals surface area contributed by atoms with Crippen LogP contribution in [0.2, 0.25) is 0 Å². The molecule has 2 unspecified atom stereocenters. The lowest BCUT2D eigenvalue weighted by Crippen LogP contribution is -2.55. The molecule has 0 amide bonds.